The van der Waals surface area contributed by atoms with Crippen molar-refractivity contribution in [1.29, 1.82) is 0 Å². The van der Waals surface area contributed by atoms with Gasteiger partial charge in [0, 0.05) is 25.7 Å². The summed E-state index contributed by atoms with van der Waals surface area (Å²) in [5.41, 5.74) is 1.14. The first-order valence-electron chi connectivity index (χ1n) is 7.16. The molecule has 0 bridgehead atoms. The van der Waals surface area contributed by atoms with Crippen molar-refractivity contribution in [1.82, 2.24) is 5.32 Å². The van der Waals surface area contributed by atoms with Gasteiger partial charge in [0.15, 0.2) is 0 Å². The Labute approximate surface area is 118 Å². The third kappa shape index (κ3) is 2.99. The van der Waals surface area contributed by atoms with Crippen LogP contribution in [0.5, 0.6) is 0 Å². The van der Waals surface area contributed by atoms with Gasteiger partial charge in [-0.3, -0.25) is 4.79 Å². The van der Waals surface area contributed by atoms with Gasteiger partial charge in [0.25, 0.3) is 0 Å². The second kappa shape index (κ2) is 6.06. The molecule has 0 aliphatic carbocycles. The summed E-state index contributed by atoms with van der Waals surface area (Å²) >= 11 is 0. The van der Waals surface area contributed by atoms with Crippen molar-refractivity contribution < 1.29 is 9.53 Å². The topological polar surface area (TPSA) is 38.3 Å². The van der Waals surface area contributed by atoms with Crippen molar-refractivity contribution in [2.75, 3.05) is 13.2 Å². The Morgan fingerprint density at radius 2 is 1.85 bits per heavy atom. The van der Waals surface area contributed by atoms with Gasteiger partial charge in [-0.25, -0.2) is 0 Å². The highest BCUT2D eigenvalue weighted by molar-refractivity contribution is 5.83. The number of benzene rings is 2. The number of carbonyl (C=O) groups excluding carboxylic acids is 1. The number of carbonyl (C=O) groups is 1. The molecular formula is C17H19NO2. The van der Waals surface area contributed by atoms with Crippen LogP contribution in [0.25, 0.3) is 10.8 Å². The number of hydrogen-bond donors (Lipinski definition) is 1. The minimum atomic E-state index is 0.115. The summed E-state index contributed by atoms with van der Waals surface area (Å²) in [6.45, 7) is 2.00. The van der Waals surface area contributed by atoms with Crippen molar-refractivity contribution >= 4 is 16.7 Å². The number of ether oxygens (including phenoxy) is 1. The first-order valence-corrected chi connectivity index (χ1v) is 7.16. The van der Waals surface area contributed by atoms with E-state index < -0.39 is 0 Å². The lowest BCUT2D eigenvalue weighted by atomic mass is 9.99. The van der Waals surface area contributed by atoms with Crippen LogP contribution in [0.1, 0.15) is 18.4 Å². The quantitative estimate of drug-likeness (QED) is 0.930. The summed E-state index contributed by atoms with van der Waals surface area (Å²) in [6.07, 6.45) is 1.67. The average Bonchev–Trinajstić information content (AvgIpc) is 2.53. The molecule has 0 aromatic heterocycles. The van der Waals surface area contributed by atoms with Crippen LogP contribution in [-0.2, 0) is 16.1 Å². The predicted octanol–water partition coefficient (Wildman–Crippen LogP) is 2.88. The number of fused-ring (bicyclic) bond motifs is 1. The van der Waals surface area contributed by atoms with Crippen LogP contribution in [0.15, 0.2) is 42.5 Å². The highest BCUT2D eigenvalue weighted by atomic mass is 16.5. The standard InChI is InChI=1S/C17H19NO2/c19-17(15-7-9-20-10-8-15)18-12-13-5-6-14-3-1-2-4-16(14)11-13/h1-6,11,15H,7-10,12H2,(H,18,19). The summed E-state index contributed by atoms with van der Waals surface area (Å²) in [4.78, 5) is 12.1. The maximum atomic E-state index is 12.1. The molecule has 1 aliphatic heterocycles. The van der Waals surface area contributed by atoms with Crippen molar-refractivity contribution in [2.45, 2.75) is 19.4 Å². The van der Waals surface area contributed by atoms with Crippen molar-refractivity contribution in [3.8, 4) is 0 Å². The van der Waals surface area contributed by atoms with Crippen LogP contribution < -0.4 is 5.32 Å². The zero-order valence-electron chi connectivity index (χ0n) is 11.5. The molecule has 0 saturated carbocycles. The van der Waals surface area contributed by atoms with Gasteiger partial charge in [0.1, 0.15) is 0 Å². The van der Waals surface area contributed by atoms with E-state index in [2.05, 4.69) is 35.6 Å². The summed E-state index contributed by atoms with van der Waals surface area (Å²) < 4.78 is 5.28. The van der Waals surface area contributed by atoms with Crippen molar-refractivity contribution in [3.63, 3.8) is 0 Å². The number of hydrogen-bond acceptors (Lipinski definition) is 2. The van der Waals surface area contributed by atoms with E-state index in [4.69, 9.17) is 4.74 Å². The number of rotatable bonds is 3. The lowest BCUT2D eigenvalue weighted by Gasteiger charge is -2.21. The molecule has 1 amide bonds. The average molecular weight is 269 g/mol. The molecule has 20 heavy (non-hydrogen) atoms. The third-order valence-corrected chi connectivity index (χ3v) is 3.87. The molecule has 1 aliphatic rings. The molecule has 1 heterocycles. The Hall–Kier alpha value is -1.87. The van der Waals surface area contributed by atoms with Gasteiger partial charge in [-0.15, -0.1) is 0 Å². The van der Waals surface area contributed by atoms with Crippen molar-refractivity contribution in [3.05, 3.63) is 48.0 Å². The maximum absolute atomic E-state index is 12.1. The smallest absolute Gasteiger partial charge is 0.223 e. The van der Waals surface area contributed by atoms with E-state index in [9.17, 15) is 4.79 Å². The molecule has 1 fully saturated rings. The Kier molecular flexibility index (Phi) is 3.97. The fourth-order valence-electron chi connectivity index (χ4n) is 2.64. The van der Waals surface area contributed by atoms with Crippen molar-refractivity contribution in [2.24, 2.45) is 5.92 Å². The van der Waals surface area contributed by atoms with E-state index in [0.717, 1.165) is 18.4 Å². The van der Waals surface area contributed by atoms with Crippen LogP contribution in [0.2, 0.25) is 0 Å². The zero-order chi connectivity index (χ0) is 13.8. The van der Waals surface area contributed by atoms with Gasteiger partial charge in [-0.05, 0) is 35.2 Å². The zero-order valence-corrected chi connectivity index (χ0v) is 11.5. The van der Waals surface area contributed by atoms with Gasteiger partial charge < -0.3 is 10.1 Å². The first kappa shape index (κ1) is 13.1. The van der Waals surface area contributed by atoms with Crippen LogP contribution in [0.4, 0.5) is 0 Å². The number of amides is 1. The molecule has 2 aromatic rings. The molecule has 0 unspecified atom stereocenters. The molecule has 3 rings (SSSR count). The molecule has 104 valence electrons. The normalized spacial score (nSPS) is 16.2. The van der Waals surface area contributed by atoms with E-state index in [0.29, 0.717) is 19.8 Å². The van der Waals surface area contributed by atoms with Crippen LogP contribution in [-0.4, -0.2) is 19.1 Å². The molecule has 2 aromatic carbocycles. The molecule has 3 heteroatoms. The fraction of sp³-hybridized carbons (Fsp3) is 0.353. The molecule has 0 atom stereocenters. The summed E-state index contributed by atoms with van der Waals surface area (Å²) in [7, 11) is 0. The Bertz CT molecular complexity index is 603. The second-order valence-corrected chi connectivity index (χ2v) is 5.29. The van der Waals surface area contributed by atoms with Crippen LogP contribution >= 0.6 is 0 Å². The van der Waals surface area contributed by atoms with E-state index in [1.165, 1.54) is 10.8 Å². The van der Waals surface area contributed by atoms with E-state index >= 15 is 0 Å². The minimum absolute atomic E-state index is 0.115. The highest BCUT2D eigenvalue weighted by Crippen LogP contribution is 2.17. The Morgan fingerprint density at radius 1 is 1.10 bits per heavy atom. The van der Waals surface area contributed by atoms with E-state index in [1.54, 1.807) is 0 Å². The first-order chi connectivity index (χ1) is 9.83. The largest absolute Gasteiger partial charge is 0.381 e. The Morgan fingerprint density at radius 3 is 2.65 bits per heavy atom. The minimum Gasteiger partial charge on any atom is -0.381 e. The van der Waals surface area contributed by atoms with Gasteiger partial charge >= 0.3 is 0 Å². The maximum Gasteiger partial charge on any atom is 0.223 e. The predicted molar refractivity (Wildman–Crippen MR) is 79.3 cm³/mol. The van der Waals surface area contributed by atoms with Crippen LogP contribution in [0.3, 0.4) is 0 Å². The SMILES string of the molecule is O=C(NCc1ccc2ccccc2c1)C1CCOCC1. The molecule has 1 saturated heterocycles. The molecule has 3 nitrogen and oxygen atoms in total. The van der Waals surface area contributed by atoms with Gasteiger partial charge in [0.05, 0.1) is 0 Å². The lowest BCUT2D eigenvalue weighted by molar-refractivity contribution is -0.128. The molecule has 0 spiro atoms. The van der Waals surface area contributed by atoms with E-state index in [1.807, 2.05) is 12.1 Å². The van der Waals surface area contributed by atoms with Gasteiger partial charge in [-0.1, -0.05) is 36.4 Å². The highest BCUT2D eigenvalue weighted by Gasteiger charge is 2.20. The summed E-state index contributed by atoms with van der Waals surface area (Å²) in [5, 5.41) is 5.48. The van der Waals surface area contributed by atoms with Gasteiger partial charge in [0.2, 0.25) is 5.91 Å². The van der Waals surface area contributed by atoms with Gasteiger partial charge in [-0.2, -0.15) is 0 Å². The molecule has 1 N–H and O–H groups in total. The summed E-state index contributed by atoms with van der Waals surface area (Å²) in [5.74, 6) is 0.269. The van der Waals surface area contributed by atoms with E-state index in [-0.39, 0.29) is 11.8 Å². The second-order valence-electron chi connectivity index (χ2n) is 5.29. The number of nitrogens with one attached hydrogen (secondary N) is 1. The fourth-order valence-corrected chi connectivity index (χ4v) is 2.64. The lowest BCUT2D eigenvalue weighted by Crippen LogP contribution is -2.33. The Balaban J connectivity index is 1.62. The molecule has 0 radical (unpaired) electrons. The third-order valence-electron chi connectivity index (χ3n) is 3.87. The van der Waals surface area contributed by atoms with Crippen LogP contribution in [0, 0.1) is 5.92 Å². The monoisotopic (exact) mass is 269 g/mol. The summed E-state index contributed by atoms with van der Waals surface area (Å²) in [6, 6.07) is 14.6. The molecular weight excluding hydrogens is 250 g/mol.